The molecule has 0 bridgehead atoms. The Morgan fingerprint density at radius 1 is 0.815 bits per heavy atom. The van der Waals surface area contributed by atoms with E-state index in [-0.39, 0.29) is 0 Å². The molecule has 0 fully saturated rings. The summed E-state index contributed by atoms with van der Waals surface area (Å²) in [5.41, 5.74) is 5.63. The number of benzene rings is 3. The highest BCUT2D eigenvalue weighted by atomic mass is 19.4. The average Bonchev–Trinajstić information content (AvgIpc) is 2.68. The van der Waals surface area contributed by atoms with Crippen molar-refractivity contribution in [3.05, 3.63) is 95.1 Å². The lowest BCUT2D eigenvalue weighted by Gasteiger charge is -2.18. The molecule has 27 heavy (non-hydrogen) atoms. The molecule has 0 atom stereocenters. The van der Waals surface area contributed by atoms with Crippen LogP contribution in [0.4, 0.5) is 13.2 Å². The molecule has 1 aliphatic rings. The molecule has 0 saturated carbocycles. The van der Waals surface area contributed by atoms with Gasteiger partial charge in [-0.1, -0.05) is 54.6 Å². The van der Waals surface area contributed by atoms with Crippen LogP contribution in [0.1, 0.15) is 22.3 Å². The average molecular weight is 365 g/mol. The number of aliphatic imine (C=N–C) groups is 1. The smallest absolute Gasteiger partial charge is 0.288 e. The van der Waals surface area contributed by atoms with Crippen LogP contribution in [0.15, 0.2) is 77.8 Å². The molecule has 3 aromatic rings. The van der Waals surface area contributed by atoms with Crippen molar-refractivity contribution >= 4 is 5.71 Å². The van der Waals surface area contributed by atoms with Crippen molar-refractivity contribution < 1.29 is 13.2 Å². The number of rotatable bonds is 3. The van der Waals surface area contributed by atoms with Gasteiger partial charge < -0.3 is 0 Å². The van der Waals surface area contributed by atoms with Gasteiger partial charge in [0.05, 0.1) is 5.56 Å². The van der Waals surface area contributed by atoms with Gasteiger partial charge in [-0.2, -0.15) is 13.2 Å². The second-order valence-electron chi connectivity index (χ2n) is 6.69. The van der Waals surface area contributed by atoms with E-state index in [9.17, 15) is 13.2 Å². The first-order chi connectivity index (χ1) is 13.0. The summed E-state index contributed by atoms with van der Waals surface area (Å²) in [6, 6.07) is 21.6. The lowest BCUT2D eigenvalue weighted by molar-refractivity contribution is -0.137. The van der Waals surface area contributed by atoms with E-state index in [1.807, 2.05) is 24.3 Å². The maximum absolute atomic E-state index is 12.8. The van der Waals surface area contributed by atoms with Crippen molar-refractivity contribution in [1.29, 1.82) is 0 Å². The molecule has 4 rings (SSSR count). The first-order valence-electron chi connectivity index (χ1n) is 8.89. The summed E-state index contributed by atoms with van der Waals surface area (Å²) >= 11 is 0. The Kier molecular flexibility index (Phi) is 4.56. The fourth-order valence-electron chi connectivity index (χ4n) is 3.43. The van der Waals surface area contributed by atoms with E-state index in [1.165, 1.54) is 23.3 Å². The lowest BCUT2D eigenvalue weighted by atomic mass is 9.90. The molecule has 4 heteroatoms. The van der Waals surface area contributed by atoms with Crippen molar-refractivity contribution in [3.63, 3.8) is 0 Å². The highest BCUT2D eigenvalue weighted by Gasteiger charge is 2.30. The minimum absolute atomic E-state index is 0.629. The minimum atomic E-state index is -4.32. The number of halogens is 3. The molecule has 0 spiro atoms. The molecule has 0 radical (unpaired) electrons. The summed E-state index contributed by atoms with van der Waals surface area (Å²) in [5.74, 6) is 0. The molecule has 0 saturated heterocycles. The molecule has 3 aromatic carbocycles. The van der Waals surface area contributed by atoms with Crippen molar-refractivity contribution in [1.82, 2.24) is 0 Å². The van der Waals surface area contributed by atoms with E-state index in [2.05, 4.69) is 24.3 Å². The van der Waals surface area contributed by atoms with Gasteiger partial charge in [0, 0.05) is 18.7 Å². The van der Waals surface area contributed by atoms with Gasteiger partial charge in [0.25, 0.3) is 0 Å². The van der Waals surface area contributed by atoms with Gasteiger partial charge in [0.1, 0.15) is 0 Å². The molecule has 1 heterocycles. The van der Waals surface area contributed by atoms with Gasteiger partial charge >= 0.3 is 6.18 Å². The number of hydrogen-bond acceptors (Lipinski definition) is 1. The zero-order valence-corrected chi connectivity index (χ0v) is 14.6. The normalized spacial score (nSPS) is 13.8. The molecule has 0 aliphatic carbocycles. The van der Waals surface area contributed by atoms with Crippen molar-refractivity contribution in [2.24, 2.45) is 4.99 Å². The Hall–Kier alpha value is -2.88. The van der Waals surface area contributed by atoms with Crippen LogP contribution in [0.25, 0.3) is 11.1 Å². The fraction of sp³-hybridized carbons (Fsp3) is 0.174. The van der Waals surface area contributed by atoms with E-state index in [4.69, 9.17) is 4.99 Å². The molecule has 0 N–H and O–H groups in total. The zero-order valence-electron chi connectivity index (χ0n) is 14.6. The number of hydrogen-bond donors (Lipinski definition) is 0. The fourth-order valence-corrected chi connectivity index (χ4v) is 3.43. The van der Waals surface area contributed by atoms with E-state index in [1.54, 1.807) is 0 Å². The topological polar surface area (TPSA) is 12.4 Å². The summed E-state index contributed by atoms with van der Waals surface area (Å²) in [4.78, 5) is 4.72. The molecule has 1 nitrogen and oxygen atoms in total. The van der Waals surface area contributed by atoms with Crippen molar-refractivity contribution in [2.45, 2.75) is 19.0 Å². The molecule has 1 aliphatic heterocycles. The quantitative estimate of drug-likeness (QED) is 0.543. The van der Waals surface area contributed by atoms with E-state index >= 15 is 0 Å². The van der Waals surface area contributed by atoms with Crippen LogP contribution in [-0.4, -0.2) is 12.3 Å². The predicted octanol–water partition coefficient (Wildman–Crippen LogP) is 5.96. The van der Waals surface area contributed by atoms with Crippen molar-refractivity contribution in [2.75, 3.05) is 6.54 Å². The summed E-state index contributed by atoms with van der Waals surface area (Å²) < 4.78 is 38.4. The maximum atomic E-state index is 12.8. The maximum Gasteiger partial charge on any atom is 0.416 e. The predicted molar refractivity (Wildman–Crippen MR) is 102 cm³/mol. The summed E-state index contributed by atoms with van der Waals surface area (Å²) in [5, 5.41) is 0. The molecular formula is C23H18F3N. The Balaban J connectivity index is 1.66. The van der Waals surface area contributed by atoms with E-state index < -0.39 is 11.7 Å². The van der Waals surface area contributed by atoms with Gasteiger partial charge in [0.15, 0.2) is 0 Å². The Morgan fingerprint density at radius 3 is 2.22 bits per heavy atom. The summed E-state index contributed by atoms with van der Waals surface area (Å²) in [6.45, 7) is 0.773. The lowest BCUT2D eigenvalue weighted by Crippen LogP contribution is -2.15. The monoisotopic (exact) mass is 365 g/mol. The van der Waals surface area contributed by atoms with Gasteiger partial charge in [-0.3, -0.25) is 4.99 Å². The SMILES string of the molecule is FC(F)(F)c1ccc(-c2ccc3c(c2)C(Cc2ccccc2)=NCC3)cc1. The Labute approximate surface area is 156 Å². The Morgan fingerprint density at radius 2 is 1.52 bits per heavy atom. The summed E-state index contributed by atoms with van der Waals surface area (Å²) in [7, 11) is 0. The third-order valence-electron chi connectivity index (χ3n) is 4.86. The van der Waals surface area contributed by atoms with E-state index in [0.717, 1.165) is 53.9 Å². The van der Waals surface area contributed by atoms with Crippen LogP contribution in [0, 0.1) is 0 Å². The third-order valence-corrected chi connectivity index (χ3v) is 4.86. The van der Waals surface area contributed by atoms with Crippen LogP contribution < -0.4 is 0 Å². The first-order valence-corrected chi connectivity index (χ1v) is 8.89. The van der Waals surface area contributed by atoms with Crippen LogP contribution in [-0.2, 0) is 19.0 Å². The molecule has 0 amide bonds. The molecule has 0 unspecified atom stereocenters. The second-order valence-corrected chi connectivity index (χ2v) is 6.69. The van der Waals surface area contributed by atoms with Crippen LogP contribution in [0.5, 0.6) is 0 Å². The number of alkyl halides is 3. The second kappa shape index (κ2) is 7.03. The standard InChI is InChI=1S/C23H18F3N/c24-23(25,26)20-10-8-17(9-11-20)19-7-6-18-12-13-27-22(21(18)15-19)14-16-4-2-1-3-5-16/h1-11,15H,12-14H2. The number of fused-ring (bicyclic) bond motifs is 1. The van der Waals surface area contributed by atoms with Gasteiger partial charge in [0.2, 0.25) is 0 Å². The molecule has 136 valence electrons. The zero-order chi connectivity index (χ0) is 18.9. The highest BCUT2D eigenvalue weighted by Crippen LogP contribution is 2.32. The molecular weight excluding hydrogens is 347 g/mol. The van der Waals surface area contributed by atoms with Crippen LogP contribution in [0.2, 0.25) is 0 Å². The highest BCUT2D eigenvalue weighted by molar-refractivity contribution is 6.04. The largest absolute Gasteiger partial charge is 0.416 e. The summed E-state index contributed by atoms with van der Waals surface area (Å²) in [6.07, 6.45) is -2.67. The number of nitrogens with zero attached hydrogens (tertiary/aromatic N) is 1. The van der Waals surface area contributed by atoms with E-state index in [0.29, 0.717) is 0 Å². The van der Waals surface area contributed by atoms with Crippen LogP contribution >= 0.6 is 0 Å². The third kappa shape index (κ3) is 3.80. The van der Waals surface area contributed by atoms with Crippen molar-refractivity contribution in [3.8, 4) is 11.1 Å². The minimum Gasteiger partial charge on any atom is -0.288 e. The Bertz CT molecular complexity index is 971. The first kappa shape index (κ1) is 17.5. The van der Waals surface area contributed by atoms with Gasteiger partial charge in [-0.05, 0) is 52.4 Å². The molecule has 0 aromatic heterocycles. The van der Waals surface area contributed by atoms with Crippen LogP contribution in [0.3, 0.4) is 0 Å². The van der Waals surface area contributed by atoms with Gasteiger partial charge in [-0.15, -0.1) is 0 Å². The van der Waals surface area contributed by atoms with Gasteiger partial charge in [-0.25, -0.2) is 0 Å².